The Morgan fingerprint density at radius 1 is 0.929 bits per heavy atom. The predicted octanol–water partition coefficient (Wildman–Crippen LogP) is 4.68. The van der Waals surface area contributed by atoms with Crippen molar-refractivity contribution in [1.29, 1.82) is 0 Å². The number of carbonyl (C=O) groups excluding carboxylic acids is 1. The molecule has 1 N–H and O–H groups in total. The van der Waals surface area contributed by atoms with Crippen molar-refractivity contribution in [1.82, 2.24) is 10.2 Å². The molecule has 0 spiro atoms. The Balaban J connectivity index is 1.63. The van der Waals surface area contributed by atoms with Crippen LogP contribution in [0.3, 0.4) is 0 Å². The van der Waals surface area contributed by atoms with Crippen LogP contribution in [0, 0.1) is 11.6 Å². The SMILES string of the molecule is O=C(NC[C@@H](c1cccc2ccccc12)N1CCCC1)c1c(F)cccc1F. The number of nitrogens with one attached hydrogen (secondary N) is 1. The highest BCUT2D eigenvalue weighted by Crippen LogP contribution is 2.30. The molecule has 0 radical (unpaired) electrons. The number of halogens is 2. The normalized spacial score (nSPS) is 15.6. The van der Waals surface area contributed by atoms with E-state index in [2.05, 4.69) is 34.5 Å². The van der Waals surface area contributed by atoms with Gasteiger partial charge in [0.05, 0.1) is 6.04 Å². The molecule has 1 aliphatic rings. The molecule has 0 bridgehead atoms. The van der Waals surface area contributed by atoms with E-state index in [0.717, 1.165) is 54.4 Å². The van der Waals surface area contributed by atoms with Gasteiger partial charge in [-0.1, -0.05) is 48.5 Å². The van der Waals surface area contributed by atoms with Crippen LogP contribution in [0.5, 0.6) is 0 Å². The number of hydrogen-bond donors (Lipinski definition) is 1. The molecule has 3 nitrogen and oxygen atoms in total. The van der Waals surface area contributed by atoms with E-state index in [9.17, 15) is 13.6 Å². The number of likely N-dealkylation sites (tertiary alicyclic amines) is 1. The third-order valence-electron chi connectivity index (χ3n) is 5.41. The third kappa shape index (κ3) is 3.62. The number of rotatable bonds is 5. The van der Waals surface area contributed by atoms with Gasteiger partial charge in [0.2, 0.25) is 0 Å². The quantitative estimate of drug-likeness (QED) is 0.697. The number of amides is 1. The third-order valence-corrected chi connectivity index (χ3v) is 5.41. The molecule has 1 aliphatic heterocycles. The first kappa shape index (κ1) is 18.6. The van der Waals surface area contributed by atoms with Crippen LogP contribution < -0.4 is 5.32 Å². The van der Waals surface area contributed by atoms with Crippen LogP contribution in [0.15, 0.2) is 60.7 Å². The molecule has 1 atom stereocenters. The summed E-state index contributed by atoms with van der Waals surface area (Å²) in [5.74, 6) is -2.42. The Morgan fingerprint density at radius 2 is 1.57 bits per heavy atom. The summed E-state index contributed by atoms with van der Waals surface area (Å²) in [6.45, 7) is 2.18. The van der Waals surface area contributed by atoms with Gasteiger partial charge in [0.15, 0.2) is 0 Å². The Hall–Kier alpha value is -2.79. The number of benzene rings is 3. The molecular formula is C23H22F2N2O. The Bertz CT molecular complexity index is 973. The molecule has 0 aliphatic carbocycles. The minimum absolute atomic E-state index is 0.0487. The van der Waals surface area contributed by atoms with E-state index in [0.29, 0.717) is 6.54 Å². The summed E-state index contributed by atoms with van der Waals surface area (Å²) in [5.41, 5.74) is 0.592. The van der Waals surface area contributed by atoms with Gasteiger partial charge in [-0.05, 0) is 54.4 Å². The van der Waals surface area contributed by atoms with Gasteiger partial charge in [-0.2, -0.15) is 0 Å². The zero-order chi connectivity index (χ0) is 19.5. The molecule has 1 fully saturated rings. The van der Waals surface area contributed by atoms with Crippen LogP contribution in [0.2, 0.25) is 0 Å². The van der Waals surface area contributed by atoms with Crippen molar-refractivity contribution in [3.8, 4) is 0 Å². The molecule has 3 aromatic carbocycles. The van der Waals surface area contributed by atoms with E-state index in [1.807, 2.05) is 18.2 Å². The second kappa shape index (κ2) is 8.07. The molecule has 0 saturated carbocycles. The highest BCUT2D eigenvalue weighted by Gasteiger charge is 2.26. The van der Waals surface area contributed by atoms with E-state index < -0.39 is 23.1 Å². The predicted molar refractivity (Wildman–Crippen MR) is 106 cm³/mol. The molecule has 28 heavy (non-hydrogen) atoms. The van der Waals surface area contributed by atoms with E-state index in [-0.39, 0.29) is 6.04 Å². The Kier molecular flexibility index (Phi) is 5.35. The molecule has 144 valence electrons. The van der Waals surface area contributed by atoms with Crippen LogP contribution >= 0.6 is 0 Å². The average molecular weight is 380 g/mol. The summed E-state index contributed by atoms with van der Waals surface area (Å²) in [7, 11) is 0. The molecule has 1 heterocycles. The zero-order valence-corrected chi connectivity index (χ0v) is 15.5. The van der Waals surface area contributed by atoms with Gasteiger partial charge in [-0.3, -0.25) is 9.69 Å². The Morgan fingerprint density at radius 3 is 2.32 bits per heavy atom. The minimum atomic E-state index is -0.847. The summed E-state index contributed by atoms with van der Waals surface area (Å²) in [6.07, 6.45) is 2.22. The second-order valence-electron chi connectivity index (χ2n) is 7.13. The minimum Gasteiger partial charge on any atom is -0.350 e. The van der Waals surface area contributed by atoms with Gasteiger partial charge in [-0.15, -0.1) is 0 Å². The monoisotopic (exact) mass is 380 g/mol. The maximum Gasteiger partial charge on any atom is 0.257 e. The van der Waals surface area contributed by atoms with E-state index in [4.69, 9.17) is 0 Å². The second-order valence-corrected chi connectivity index (χ2v) is 7.13. The molecule has 3 aromatic rings. The van der Waals surface area contributed by atoms with Crippen LogP contribution in [-0.2, 0) is 0 Å². The largest absolute Gasteiger partial charge is 0.350 e. The van der Waals surface area contributed by atoms with Crippen LogP contribution in [0.25, 0.3) is 10.8 Å². The maximum atomic E-state index is 13.9. The van der Waals surface area contributed by atoms with Crippen LogP contribution in [0.1, 0.15) is 34.8 Å². The van der Waals surface area contributed by atoms with Gasteiger partial charge in [0.1, 0.15) is 17.2 Å². The lowest BCUT2D eigenvalue weighted by Crippen LogP contribution is -2.37. The number of fused-ring (bicyclic) bond motifs is 1. The number of nitrogens with zero attached hydrogens (tertiary/aromatic N) is 1. The lowest BCUT2D eigenvalue weighted by Gasteiger charge is -2.29. The summed E-state index contributed by atoms with van der Waals surface area (Å²) >= 11 is 0. The van der Waals surface area contributed by atoms with Gasteiger partial charge in [0, 0.05) is 6.54 Å². The van der Waals surface area contributed by atoms with Crippen molar-refractivity contribution in [3.05, 3.63) is 83.4 Å². The first-order valence-electron chi connectivity index (χ1n) is 9.59. The van der Waals surface area contributed by atoms with Crippen molar-refractivity contribution >= 4 is 16.7 Å². The molecule has 5 heteroatoms. The fourth-order valence-electron chi connectivity index (χ4n) is 4.02. The van der Waals surface area contributed by atoms with E-state index >= 15 is 0 Å². The highest BCUT2D eigenvalue weighted by molar-refractivity contribution is 5.94. The van der Waals surface area contributed by atoms with Crippen molar-refractivity contribution in [2.24, 2.45) is 0 Å². The fraction of sp³-hybridized carbons (Fsp3) is 0.261. The molecule has 1 amide bonds. The smallest absolute Gasteiger partial charge is 0.257 e. The van der Waals surface area contributed by atoms with Gasteiger partial charge in [-0.25, -0.2) is 8.78 Å². The van der Waals surface area contributed by atoms with Gasteiger partial charge < -0.3 is 5.32 Å². The van der Waals surface area contributed by atoms with Crippen LogP contribution in [0.4, 0.5) is 8.78 Å². The topological polar surface area (TPSA) is 32.3 Å². The van der Waals surface area contributed by atoms with Gasteiger partial charge >= 0.3 is 0 Å². The first-order valence-corrected chi connectivity index (χ1v) is 9.59. The molecule has 0 unspecified atom stereocenters. The number of hydrogen-bond acceptors (Lipinski definition) is 2. The maximum absolute atomic E-state index is 13.9. The lowest BCUT2D eigenvalue weighted by molar-refractivity contribution is 0.0929. The summed E-state index contributed by atoms with van der Waals surface area (Å²) in [4.78, 5) is 14.8. The van der Waals surface area contributed by atoms with Gasteiger partial charge in [0.25, 0.3) is 5.91 Å². The Labute approximate surface area is 163 Å². The molecular weight excluding hydrogens is 358 g/mol. The van der Waals surface area contributed by atoms with Crippen molar-refractivity contribution in [3.63, 3.8) is 0 Å². The molecule has 0 aromatic heterocycles. The van der Waals surface area contributed by atoms with E-state index in [1.54, 1.807) is 0 Å². The summed E-state index contributed by atoms with van der Waals surface area (Å²) in [6, 6.07) is 17.7. The van der Waals surface area contributed by atoms with Crippen molar-refractivity contribution < 1.29 is 13.6 Å². The van der Waals surface area contributed by atoms with Crippen molar-refractivity contribution in [2.45, 2.75) is 18.9 Å². The zero-order valence-electron chi connectivity index (χ0n) is 15.5. The molecule has 1 saturated heterocycles. The summed E-state index contributed by atoms with van der Waals surface area (Å²) in [5, 5.41) is 5.03. The standard InChI is InChI=1S/C23H22F2N2O/c24-19-11-6-12-20(25)22(19)23(28)26-15-21(27-13-3-4-14-27)18-10-5-8-16-7-1-2-9-17(16)18/h1-2,5-12,21H,3-4,13-15H2,(H,26,28)/t21-/m0/s1. The highest BCUT2D eigenvalue weighted by atomic mass is 19.1. The summed E-state index contributed by atoms with van der Waals surface area (Å²) < 4.78 is 27.9. The average Bonchev–Trinajstić information content (AvgIpc) is 3.23. The lowest BCUT2D eigenvalue weighted by atomic mass is 9.97. The fourth-order valence-corrected chi connectivity index (χ4v) is 4.02. The number of carbonyl (C=O) groups is 1. The van der Waals surface area contributed by atoms with E-state index in [1.165, 1.54) is 6.07 Å². The molecule has 4 rings (SSSR count). The van der Waals surface area contributed by atoms with Crippen molar-refractivity contribution in [2.75, 3.05) is 19.6 Å². The first-order chi connectivity index (χ1) is 13.6. The van der Waals surface area contributed by atoms with Crippen LogP contribution in [-0.4, -0.2) is 30.4 Å².